The number of hydrogen-bond acceptors (Lipinski definition) is 7. The summed E-state index contributed by atoms with van der Waals surface area (Å²) in [6.45, 7) is 8.35. The predicted octanol–water partition coefficient (Wildman–Crippen LogP) is 1.95. The first-order chi connectivity index (χ1) is 13.9. The number of carbonyl (C=O) groups is 1. The molecule has 4 heterocycles. The van der Waals surface area contributed by atoms with Crippen LogP contribution in [0.15, 0.2) is 10.6 Å². The van der Waals surface area contributed by atoms with E-state index < -0.39 is 0 Å². The van der Waals surface area contributed by atoms with Gasteiger partial charge < -0.3 is 19.5 Å². The van der Waals surface area contributed by atoms with Crippen LogP contribution in [0.5, 0.6) is 0 Å². The van der Waals surface area contributed by atoms with Crippen LogP contribution in [0.25, 0.3) is 0 Å². The van der Waals surface area contributed by atoms with E-state index in [4.69, 9.17) is 14.2 Å². The average Bonchev–Trinajstić information content (AvgIpc) is 3.27. The van der Waals surface area contributed by atoms with Crippen molar-refractivity contribution < 1.29 is 14.1 Å². The number of nitrogens with one attached hydrogen (secondary N) is 1. The first-order valence-corrected chi connectivity index (χ1v) is 10.3. The lowest BCUT2D eigenvalue weighted by molar-refractivity contribution is 0.0812. The zero-order valence-corrected chi connectivity index (χ0v) is 17.6. The first kappa shape index (κ1) is 19.8. The van der Waals surface area contributed by atoms with Crippen LogP contribution >= 0.6 is 0 Å². The van der Waals surface area contributed by atoms with Crippen LogP contribution < -0.4 is 10.2 Å². The van der Waals surface area contributed by atoms with Gasteiger partial charge in [0.05, 0.1) is 11.8 Å². The van der Waals surface area contributed by atoms with Crippen LogP contribution in [0.2, 0.25) is 0 Å². The lowest BCUT2D eigenvalue weighted by atomic mass is 10.0. The number of carbonyl (C=O) groups excluding carboxylic acids is 1. The van der Waals surface area contributed by atoms with Crippen molar-refractivity contribution in [2.75, 3.05) is 31.6 Å². The smallest absolute Gasteiger partial charge is 0.270 e. The summed E-state index contributed by atoms with van der Waals surface area (Å²) in [5.41, 5.74) is 2.37. The minimum atomic E-state index is -0.101. The summed E-state index contributed by atoms with van der Waals surface area (Å²) in [4.78, 5) is 24.2. The molecule has 1 fully saturated rings. The Balaban J connectivity index is 1.64. The molecule has 8 nitrogen and oxygen atoms in total. The maximum Gasteiger partial charge on any atom is 0.270 e. The highest BCUT2D eigenvalue weighted by Gasteiger charge is 2.37. The molecule has 2 aromatic rings. The number of rotatable bonds is 6. The fourth-order valence-corrected chi connectivity index (χ4v) is 4.29. The van der Waals surface area contributed by atoms with E-state index in [2.05, 4.69) is 34.2 Å². The number of aryl methyl sites for hydroxylation is 1. The van der Waals surface area contributed by atoms with E-state index in [-0.39, 0.29) is 17.9 Å². The molecule has 2 aliphatic heterocycles. The molecule has 2 aliphatic rings. The van der Waals surface area contributed by atoms with Gasteiger partial charge in [0.1, 0.15) is 23.1 Å². The van der Waals surface area contributed by atoms with Gasteiger partial charge in [0, 0.05) is 57.1 Å². The molecule has 29 heavy (non-hydrogen) atoms. The highest BCUT2D eigenvalue weighted by atomic mass is 16.5. The van der Waals surface area contributed by atoms with Crippen LogP contribution in [0.3, 0.4) is 0 Å². The summed E-state index contributed by atoms with van der Waals surface area (Å²) in [5.74, 6) is 3.08. The highest BCUT2D eigenvalue weighted by molar-refractivity contribution is 5.96. The molecule has 2 aromatic heterocycles. The van der Waals surface area contributed by atoms with Gasteiger partial charge in [-0.25, -0.2) is 9.97 Å². The maximum absolute atomic E-state index is 12.5. The van der Waals surface area contributed by atoms with Crippen molar-refractivity contribution in [3.63, 3.8) is 0 Å². The Labute approximate surface area is 171 Å². The van der Waals surface area contributed by atoms with Gasteiger partial charge in [0.2, 0.25) is 0 Å². The minimum absolute atomic E-state index is 0.0667. The molecule has 1 amide bonds. The minimum Gasteiger partial charge on any atom is -0.379 e. The molecule has 8 heteroatoms. The number of aromatic nitrogens is 3. The zero-order valence-electron chi connectivity index (χ0n) is 17.6. The van der Waals surface area contributed by atoms with Crippen LogP contribution in [0.1, 0.15) is 47.2 Å². The van der Waals surface area contributed by atoms with Gasteiger partial charge in [-0.3, -0.25) is 4.79 Å². The summed E-state index contributed by atoms with van der Waals surface area (Å²) in [6.07, 6.45) is 2.33. The standard InChI is InChI=1S/C21H29N5O3/c1-12(2)7-18-23-19-16(5-6-22-21(19)27)20(24-18)26-10-14(17(11-26)28-4)9-15-8-13(3)25-29-15/h8,12,14,17H,5-7,9-11H2,1-4H3,(H,22,27)/t14-,17-/m1/s1. The molecular formula is C21H29N5O3. The lowest BCUT2D eigenvalue weighted by Crippen LogP contribution is -2.36. The van der Waals surface area contributed by atoms with Gasteiger partial charge in [-0.1, -0.05) is 19.0 Å². The van der Waals surface area contributed by atoms with Crippen molar-refractivity contribution in [1.82, 2.24) is 20.4 Å². The Bertz CT molecular complexity index is 894. The Morgan fingerprint density at radius 3 is 2.86 bits per heavy atom. The lowest BCUT2D eigenvalue weighted by Gasteiger charge is -2.25. The molecule has 0 aliphatic carbocycles. The number of methoxy groups -OCH3 is 1. The van der Waals surface area contributed by atoms with Crippen molar-refractivity contribution in [2.24, 2.45) is 11.8 Å². The number of amides is 1. The van der Waals surface area contributed by atoms with Gasteiger partial charge in [-0.2, -0.15) is 0 Å². The number of hydrogen-bond donors (Lipinski definition) is 1. The van der Waals surface area contributed by atoms with Crippen molar-refractivity contribution in [3.05, 3.63) is 34.6 Å². The normalized spacial score (nSPS) is 21.6. The van der Waals surface area contributed by atoms with E-state index in [0.29, 0.717) is 18.2 Å². The molecule has 0 unspecified atom stereocenters. The molecule has 0 radical (unpaired) electrons. The number of fused-ring (bicyclic) bond motifs is 1. The molecule has 0 bridgehead atoms. The monoisotopic (exact) mass is 399 g/mol. The summed E-state index contributed by atoms with van der Waals surface area (Å²) >= 11 is 0. The molecule has 1 saturated heterocycles. The highest BCUT2D eigenvalue weighted by Crippen LogP contribution is 2.32. The Morgan fingerprint density at radius 2 is 2.17 bits per heavy atom. The second-order valence-corrected chi connectivity index (χ2v) is 8.47. The third-order valence-electron chi connectivity index (χ3n) is 5.62. The van der Waals surface area contributed by atoms with Crippen LogP contribution in [0, 0.1) is 18.8 Å². The van der Waals surface area contributed by atoms with E-state index in [1.54, 1.807) is 7.11 Å². The van der Waals surface area contributed by atoms with Gasteiger partial charge in [0.15, 0.2) is 0 Å². The van der Waals surface area contributed by atoms with Crippen molar-refractivity contribution in [2.45, 2.75) is 46.1 Å². The van der Waals surface area contributed by atoms with Crippen LogP contribution in [-0.4, -0.2) is 53.9 Å². The maximum atomic E-state index is 12.5. The van der Waals surface area contributed by atoms with Crippen molar-refractivity contribution >= 4 is 11.7 Å². The van der Waals surface area contributed by atoms with Crippen LogP contribution in [0.4, 0.5) is 5.82 Å². The van der Waals surface area contributed by atoms with E-state index in [0.717, 1.165) is 61.0 Å². The predicted molar refractivity (Wildman–Crippen MR) is 108 cm³/mol. The van der Waals surface area contributed by atoms with Crippen molar-refractivity contribution in [1.29, 1.82) is 0 Å². The van der Waals surface area contributed by atoms with Crippen molar-refractivity contribution in [3.8, 4) is 0 Å². The van der Waals surface area contributed by atoms with E-state index >= 15 is 0 Å². The number of anilines is 1. The van der Waals surface area contributed by atoms with E-state index in [1.807, 2.05) is 13.0 Å². The molecule has 0 saturated carbocycles. The molecule has 0 aromatic carbocycles. The largest absolute Gasteiger partial charge is 0.379 e. The molecule has 0 spiro atoms. The Hall–Kier alpha value is -2.48. The molecule has 1 N–H and O–H groups in total. The van der Waals surface area contributed by atoms with E-state index in [9.17, 15) is 4.79 Å². The fraction of sp³-hybridized carbons (Fsp3) is 0.619. The van der Waals surface area contributed by atoms with Gasteiger partial charge in [0.25, 0.3) is 5.91 Å². The van der Waals surface area contributed by atoms with Gasteiger partial charge in [-0.15, -0.1) is 0 Å². The fourth-order valence-electron chi connectivity index (χ4n) is 4.29. The molecule has 4 rings (SSSR count). The summed E-state index contributed by atoms with van der Waals surface area (Å²) in [7, 11) is 1.75. The van der Waals surface area contributed by atoms with Crippen LogP contribution in [-0.2, 0) is 24.0 Å². The van der Waals surface area contributed by atoms with Gasteiger partial charge in [-0.05, 0) is 19.3 Å². The average molecular weight is 399 g/mol. The SMILES string of the molecule is CO[C@@H]1CN(c2nc(CC(C)C)nc3c2CCNC3=O)C[C@H]1Cc1cc(C)no1. The third-order valence-corrected chi connectivity index (χ3v) is 5.62. The van der Waals surface area contributed by atoms with E-state index in [1.165, 1.54) is 0 Å². The second-order valence-electron chi connectivity index (χ2n) is 8.47. The Morgan fingerprint density at radius 1 is 1.34 bits per heavy atom. The summed E-state index contributed by atoms with van der Waals surface area (Å²) in [6, 6.07) is 1.98. The molecule has 2 atom stereocenters. The first-order valence-electron chi connectivity index (χ1n) is 10.3. The summed E-state index contributed by atoms with van der Waals surface area (Å²) < 4.78 is 11.2. The molecular weight excluding hydrogens is 370 g/mol. The summed E-state index contributed by atoms with van der Waals surface area (Å²) in [5, 5.41) is 6.91. The number of nitrogens with zero attached hydrogens (tertiary/aromatic N) is 4. The van der Waals surface area contributed by atoms with Gasteiger partial charge >= 0.3 is 0 Å². The Kier molecular flexibility index (Phi) is 5.54. The zero-order chi connectivity index (χ0) is 20.5. The third kappa shape index (κ3) is 4.12. The topological polar surface area (TPSA) is 93.4 Å². The molecule has 156 valence electrons. The second kappa shape index (κ2) is 8.10. The quantitative estimate of drug-likeness (QED) is 0.793. The number of ether oxygens (including phenoxy) is 1.